The van der Waals surface area contributed by atoms with Gasteiger partial charge < -0.3 is 14.8 Å². The van der Waals surface area contributed by atoms with Gasteiger partial charge in [0.25, 0.3) is 0 Å². The Bertz CT molecular complexity index is 735. The fraction of sp³-hybridized carbons (Fsp3) is 0.333. The fourth-order valence-corrected chi connectivity index (χ4v) is 2.82. The topological polar surface area (TPSA) is 109 Å². The number of methoxy groups -OCH3 is 1. The predicted octanol–water partition coefficient (Wildman–Crippen LogP) is 0.613. The first-order chi connectivity index (χ1) is 9.39. The van der Waals surface area contributed by atoms with Gasteiger partial charge in [0.15, 0.2) is 9.84 Å². The highest BCUT2D eigenvalue weighted by atomic mass is 32.2. The molecule has 0 bridgehead atoms. The van der Waals surface area contributed by atoms with Gasteiger partial charge in [-0.1, -0.05) is 0 Å². The number of benzene rings is 1. The highest BCUT2D eigenvalue weighted by molar-refractivity contribution is 7.92. The number of aromatic nitrogens is 2. The first-order valence-electron chi connectivity index (χ1n) is 5.84. The van der Waals surface area contributed by atoms with Crippen LogP contribution in [0.15, 0.2) is 18.2 Å². The minimum Gasteiger partial charge on any atom is -0.497 e. The Hall–Kier alpha value is -2.09. The Morgan fingerprint density at radius 3 is 2.85 bits per heavy atom. The summed E-state index contributed by atoms with van der Waals surface area (Å²) in [7, 11) is -2.06. The molecule has 0 fully saturated rings. The summed E-state index contributed by atoms with van der Waals surface area (Å²) in [5.41, 5.74) is 1.45. The van der Waals surface area contributed by atoms with Crippen molar-refractivity contribution in [2.24, 2.45) is 0 Å². The van der Waals surface area contributed by atoms with E-state index in [0.717, 1.165) is 5.52 Å². The molecule has 7 nitrogen and oxygen atoms in total. The van der Waals surface area contributed by atoms with Crippen molar-refractivity contribution < 1.29 is 23.1 Å². The lowest BCUT2D eigenvalue weighted by Crippen LogP contribution is -2.19. The van der Waals surface area contributed by atoms with E-state index in [-0.39, 0.29) is 12.2 Å². The van der Waals surface area contributed by atoms with E-state index in [9.17, 15) is 13.2 Å². The molecule has 0 amide bonds. The van der Waals surface area contributed by atoms with Crippen LogP contribution >= 0.6 is 0 Å². The molecule has 1 aromatic carbocycles. The first-order valence-corrected chi connectivity index (χ1v) is 7.66. The van der Waals surface area contributed by atoms with Gasteiger partial charge in [0.1, 0.15) is 17.3 Å². The second kappa shape index (κ2) is 5.49. The summed E-state index contributed by atoms with van der Waals surface area (Å²) in [6.07, 6.45) is 0.145. The van der Waals surface area contributed by atoms with Gasteiger partial charge in [-0.15, -0.1) is 0 Å². The molecule has 0 aliphatic rings. The van der Waals surface area contributed by atoms with Crippen LogP contribution in [0.2, 0.25) is 0 Å². The maximum Gasteiger partial charge on any atom is 0.318 e. The van der Waals surface area contributed by atoms with Gasteiger partial charge in [-0.2, -0.15) is 0 Å². The van der Waals surface area contributed by atoms with Crippen molar-refractivity contribution in [1.82, 2.24) is 9.97 Å². The highest BCUT2D eigenvalue weighted by Gasteiger charge is 2.16. The minimum absolute atomic E-state index is 0.145. The van der Waals surface area contributed by atoms with Crippen LogP contribution in [0.1, 0.15) is 5.82 Å². The average Bonchev–Trinajstić information content (AvgIpc) is 2.76. The van der Waals surface area contributed by atoms with Crippen LogP contribution in [0.5, 0.6) is 5.75 Å². The number of sulfone groups is 1. The second-order valence-corrected chi connectivity index (χ2v) is 6.49. The van der Waals surface area contributed by atoms with Crippen LogP contribution in [0.25, 0.3) is 11.0 Å². The standard InChI is InChI=1S/C12H14N2O5S/c1-19-8-2-3-9-10(6-8)14-11(13-9)4-5-20(17,18)7-12(15)16/h2-3,6H,4-5,7H2,1H3,(H,13,14)(H,15,16). The Morgan fingerprint density at radius 1 is 1.45 bits per heavy atom. The number of hydrogen-bond acceptors (Lipinski definition) is 5. The van der Waals surface area contributed by atoms with E-state index in [1.807, 2.05) is 0 Å². The third-order valence-electron chi connectivity index (χ3n) is 2.73. The third kappa shape index (κ3) is 3.47. The van der Waals surface area contributed by atoms with E-state index in [4.69, 9.17) is 9.84 Å². The van der Waals surface area contributed by atoms with E-state index >= 15 is 0 Å². The Kier molecular flexibility index (Phi) is 3.93. The van der Waals surface area contributed by atoms with Crippen LogP contribution in [0.3, 0.4) is 0 Å². The summed E-state index contributed by atoms with van der Waals surface area (Å²) in [6.45, 7) is 0. The van der Waals surface area contributed by atoms with E-state index < -0.39 is 21.6 Å². The molecule has 1 heterocycles. The van der Waals surface area contributed by atoms with E-state index in [1.165, 1.54) is 0 Å². The number of aryl methyl sites for hydroxylation is 1. The van der Waals surface area contributed by atoms with Gasteiger partial charge in [-0.25, -0.2) is 13.4 Å². The predicted molar refractivity (Wildman–Crippen MR) is 72.6 cm³/mol. The summed E-state index contributed by atoms with van der Waals surface area (Å²) in [6, 6.07) is 5.28. The highest BCUT2D eigenvalue weighted by Crippen LogP contribution is 2.18. The van der Waals surface area contributed by atoms with Gasteiger partial charge in [-0.3, -0.25) is 4.79 Å². The molecule has 2 aromatic rings. The second-order valence-electron chi connectivity index (χ2n) is 4.30. The Labute approximate surface area is 115 Å². The number of H-pyrrole nitrogens is 1. The molecule has 0 aliphatic heterocycles. The zero-order valence-electron chi connectivity index (χ0n) is 10.8. The zero-order chi connectivity index (χ0) is 14.8. The lowest BCUT2D eigenvalue weighted by atomic mass is 10.3. The van der Waals surface area contributed by atoms with Crippen molar-refractivity contribution in [2.75, 3.05) is 18.6 Å². The summed E-state index contributed by atoms with van der Waals surface area (Å²) in [5, 5.41) is 8.50. The Morgan fingerprint density at radius 2 is 2.20 bits per heavy atom. The Balaban J connectivity index is 2.12. The van der Waals surface area contributed by atoms with Crippen LogP contribution in [-0.2, 0) is 21.1 Å². The van der Waals surface area contributed by atoms with Crippen molar-refractivity contribution in [3.63, 3.8) is 0 Å². The fourth-order valence-electron chi connectivity index (χ4n) is 1.80. The SMILES string of the molecule is COc1ccc2nc(CCS(=O)(=O)CC(=O)O)[nH]c2c1. The molecule has 0 saturated carbocycles. The molecule has 2 rings (SSSR count). The normalized spacial score (nSPS) is 11.7. The van der Waals surface area contributed by atoms with Crippen molar-refractivity contribution in [3.8, 4) is 5.75 Å². The number of carboxylic acid groups (broad SMARTS) is 1. The van der Waals surface area contributed by atoms with Crippen LogP contribution in [-0.4, -0.2) is 48.1 Å². The number of aliphatic carboxylic acids is 1. The molecule has 0 aliphatic carbocycles. The molecule has 0 saturated heterocycles. The summed E-state index contributed by atoms with van der Waals surface area (Å²) < 4.78 is 28.1. The van der Waals surface area contributed by atoms with Crippen molar-refractivity contribution >= 4 is 26.8 Å². The number of nitrogens with zero attached hydrogens (tertiary/aromatic N) is 1. The number of nitrogens with one attached hydrogen (secondary N) is 1. The van der Waals surface area contributed by atoms with Gasteiger partial charge in [0.2, 0.25) is 0 Å². The molecule has 0 spiro atoms. The molecule has 20 heavy (non-hydrogen) atoms. The molecule has 108 valence electrons. The number of ether oxygens (including phenoxy) is 1. The summed E-state index contributed by atoms with van der Waals surface area (Å²) in [4.78, 5) is 17.7. The maximum absolute atomic E-state index is 11.5. The number of imidazole rings is 1. The van der Waals surface area contributed by atoms with Gasteiger partial charge in [0, 0.05) is 12.5 Å². The molecule has 0 radical (unpaired) electrons. The van der Waals surface area contributed by atoms with Gasteiger partial charge >= 0.3 is 5.97 Å². The molecule has 2 N–H and O–H groups in total. The minimum atomic E-state index is -3.61. The molecule has 0 unspecified atom stereocenters. The van der Waals surface area contributed by atoms with Crippen molar-refractivity contribution in [3.05, 3.63) is 24.0 Å². The smallest absolute Gasteiger partial charge is 0.318 e. The number of carboxylic acids is 1. The summed E-state index contributed by atoms with van der Waals surface area (Å²) in [5.74, 6) is -1.29. The summed E-state index contributed by atoms with van der Waals surface area (Å²) >= 11 is 0. The van der Waals surface area contributed by atoms with Gasteiger partial charge in [-0.05, 0) is 12.1 Å². The lowest BCUT2D eigenvalue weighted by Gasteiger charge is -1.98. The number of fused-ring (bicyclic) bond motifs is 1. The maximum atomic E-state index is 11.5. The first kappa shape index (κ1) is 14.3. The molecule has 1 aromatic heterocycles. The third-order valence-corrected chi connectivity index (χ3v) is 4.24. The monoisotopic (exact) mass is 298 g/mol. The number of rotatable bonds is 6. The molecular formula is C12H14N2O5S. The largest absolute Gasteiger partial charge is 0.497 e. The van der Waals surface area contributed by atoms with Crippen LogP contribution in [0.4, 0.5) is 0 Å². The van der Waals surface area contributed by atoms with Crippen molar-refractivity contribution in [2.45, 2.75) is 6.42 Å². The average molecular weight is 298 g/mol. The van der Waals surface area contributed by atoms with Gasteiger partial charge in [0.05, 0.1) is 23.9 Å². The molecular weight excluding hydrogens is 284 g/mol. The van der Waals surface area contributed by atoms with E-state index in [0.29, 0.717) is 17.1 Å². The molecule has 8 heteroatoms. The van der Waals surface area contributed by atoms with E-state index in [1.54, 1.807) is 25.3 Å². The zero-order valence-corrected chi connectivity index (χ0v) is 11.6. The number of aromatic amines is 1. The number of carbonyl (C=O) groups is 1. The quantitative estimate of drug-likeness (QED) is 0.808. The van der Waals surface area contributed by atoms with E-state index in [2.05, 4.69) is 9.97 Å². The number of hydrogen-bond donors (Lipinski definition) is 2. The van der Waals surface area contributed by atoms with Crippen LogP contribution < -0.4 is 4.74 Å². The van der Waals surface area contributed by atoms with Crippen molar-refractivity contribution in [1.29, 1.82) is 0 Å². The van der Waals surface area contributed by atoms with Crippen LogP contribution in [0, 0.1) is 0 Å². The molecule has 0 atom stereocenters. The lowest BCUT2D eigenvalue weighted by molar-refractivity contribution is -0.134.